The molecule has 0 fully saturated rings. The molecule has 0 spiro atoms. The van der Waals surface area contributed by atoms with E-state index in [1.807, 2.05) is 0 Å². The molecule has 3 N–H and O–H groups in total. The molecule has 0 aliphatic rings. The Labute approximate surface area is 180 Å². The molecule has 1 aromatic heterocycles. The molecule has 4 rings (SSSR count). The van der Waals surface area contributed by atoms with Crippen molar-refractivity contribution in [3.05, 3.63) is 89.7 Å². The summed E-state index contributed by atoms with van der Waals surface area (Å²) in [4.78, 5) is 37.3. The van der Waals surface area contributed by atoms with E-state index in [-0.39, 0.29) is 16.8 Å². The standard InChI is InChI=1S/C22H16FN5O4/c23-14-11-9-13(10-12-14)19(29)15-5-1-2-6-16(15)24-21(30)20(25-22(31)32)28-18-8-4-3-7-17(18)26-27-28/h1-12,20,25H,(H,24,30)(H,31,32). The van der Waals surface area contributed by atoms with Crippen LogP contribution in [0.5, 0.6) is 0 Å². The lowest BCUT2D eigenvalue weighted by molar-refractivity contribution is -0.120. The molecular formula is C22H16FN5O4. The summed E-state index contributed by atoms with van der Waals surface area (Å²) in [7, 11) is 0. The maximum absolute atomic E-state index is 13.2. The van der Waals surface area contributed by atoms with Crippen LogP contribution in [0.25, 0.3) is 11.0 Å². The number of nitrogens with zero attached hydrogens (tertiary/aromatic N) is 3. The van der Waals surface area contributed by atoms with Crippen LogP contribution in [0.1, 0.15) is 22.1 Å². The Hall–Kier alpha value is -4.60. The molecule has 32 heavy (non-hydrogen) atoms. The Balaban J connectivity index is 1.66. The quantitative estimate of drug-likeness (QED) is 0.401. The average Bonchev–Trinajstić information content (AvgIpc) is 3.21. The number of carbonyl (C=O) groups excluding carboxylic acids is 2. The third kappa shape index (κ3) is 4.15. The third-order valence-corrected chi connectivity index (χ3v) is 4.67. The average molecular weight is 433 g/mol. The Morgan fingerprint density at radius 1 is 0.938 bits per heavy atom. The summed E-state index contributed by atoms with van der Waals surface area (Å²) in [5.74, 6) is -1.69. The van der Waals surface area contributed by atoms with Crippen LogP contribution < -0.4 is 10.6 Å². The molecule has 4 aromatic rings. The number of rotatable bonds is 6. The van der Waals surface area contributed by atoms with Gasteiger partial charge >= 0.3 is 6.09 Å². The highest BCUT2D eigenvalue weighted by molar-refractivity contribution is 6.14. The first-order chi connectivity index (χ1) is 15.4. The zero-order valence-electron chi connectivity index (χ0n) is 16.4. The van der Waals surface area contributed by atoms with Gasteiger partial charge in [0, 0.05) is 11.1 Å². The maximum atomic E-state index is 13.2. The van der Waals surface area contributed by atoms with Crippen molar-refractivity contribution in [1.82, 2.24) is 20.3 Å². The van der Waals surface area contributed by atoms with Gasteiger partial charge in [-0.25, -0.2) is 13.9 Å². The predicted octanol–water partition coefficient (Wildman–Crippen LogP) is 3.21. The van der Waals surface area contributed by atoms with E-state index < -0.39 is 29.8 Å². The van der Waals surface area contributed by atoms with Crippen molar-refractivity contribution in [2.45, 2.75) is 6.17 Å². The molecule has 0 bridgehead atoms. The Morgan fingerprint density at radius 3 is 2.38 bits per heavy atom. The third-order valence-electron chi connectivity index (χ3n) is 4.67. The summed E-state index contributed by atoms with van der Waals surface area (Å²) in [6.07, 6.45) is -2.89. The van der Waals surface area contributed by atoms with Gasteiger partial charge in [-0.2, -0.15) is 0 Å². The molecule has 3 aromatic carbocycles. The van der Waals surface area contributed by atoms with Crippen LogP contribution in [0.3, 0.4) is 0 Å². The minimum absolute atomic E-state index is 0.157. The molecule has 0 aliphatic carbocycles. The van der Waals surface area contributed by atoms with Crippen molar-refractivity contribution in [2.75, 3.05) is 5.32 Å². The lowest BCUT2D eigenvalue weighted by Gasteiger charge is -2.18. The second kappa shape index (κ2) is 8.64. The molecule has 1 unspecified atom stereocenters. The molecular weight excluding hydrogens is 417 g/mol. The van der Waals surface area contributed by atoms with E-state index >= 15 is 0 Å². The number of hydrogen-bond acceptors (Lipinski definition) is 5. The molecule has 0 aliphatic heterocycles. The molecule has 9 nitrogen and oxygen atoms in total. The van der Waals surface area contributed by atoms with Gasteiger partial charge in [0.2, 0.25) is 6.17 Å². The number of aromatic nitrogens is 3. The number of carbonyl (C=O) groups is 3. The molecule has 10 heteroatoms. The Bertz CT molecular complexity index is 1320. The van der Waals surface area contributed by atoms with Crippen molar-refractivity contribution in [1.29, 1.82) is 0 Å². The van der Waals surface area contributed by atoms with Crippen molar-refractivity contribution in [3.63, 3.8) is 0 Å². The van der Waals surface area contributed by atoms with Crippen LogP contribution >= 0.6 is 0 Å². The fourth-order valence-corrected chi connectivity index (χ4v) is 3.18. The van der Waals surface area contributed by atoms with Gasteiger partial charge in [-0.3, -0.25) is 14.9 Å². The van der Waals surface area contributed by atoms with Gasteiger partial charge in [0.05, 0.1) is 11.2 Å². The van der Waals surface area contributed by atoms with E-state index in [2.05, 4.69) is 20.9 Å². The minimum Gasteiger partial charge on any atom is -0.465 e. The van der Waals surface area contributed by atoms with Crippen LogP contribution in [0.2, 0.25) is 0 Å². The highest BCUT2D eigenvalue weighted by Gasteiger charge is 2.27. The number of hydrogen-bond donors (Lipinski definition) is 3. The first-order valence-corrected chi connectivity index (χ1v) is 9.43. The Morgan fingerprint density at radius 2 is 1.62 bits per heavy atom. The SMILES string of the molecule is O=C(O)NC(C(=O)Nc1ccccc1C(=O)c1ccc(F)cc1)n1nnc2ccccc21. The number of anilines is 1. The van der Waals surface area contributed by atoms with E-state index in [4.69, 9.17) is 0 Å². The second-order valence-corrected chi connectivity index (χ2v) is 6.75. The summed E-state index contributed by atoms with van der Waals surface area (Å²) >= 11 is 0. The smallest absolute Gasteiger partial charge is 0.406 e. The van der Waals surface area contributed by atoms with Gasteiger partial charge in [0.25, 0.3) is 5.91 Å². The summed E-state index contributed by atoms with van der Waals surface area (Å²) in [6, 6.07) is 18.0. The predicted molar refractivity (Wildman–Crippen MR) is 113 cm³/mol. The fourth-order valence-electron chi connectivity index (χ4n) is 3.18. The minimum atomic E-state index is -1.45. The monoisotopic (exact) mass is 433 g/mol. The topological polar surface area (TPSA) is 126 Å². The molecule has 0 saturated carbocycles. The van der Waals surface area contributed by atoms with Crippen molar-refractivity contribution in [3.8, 4) is 0 Å². The normalized spacial score (nSPS) is 11.7. The van der Waals surface area contributed by atoms with Crippen molar-refractivity contribution in [2.24, 2.45) is 0 Å². The molecule has 1 heterocycles. The van der Waals surface area contributed by atoms with Gasteiger partial charge < -0.3 is 10.4 Å². The zero-order chi connectivity index (χ0) is 22.7. The van der Waals surface area contributed by atoms with E-state index in [0.717, 1.165) is 16.8 Å². The number of amides is 2. The molecule has 0 saturated heterocycles. The highest BCUT2D eigenvalue weighted by atomic mass is 19.1. The van der Waals surface area contributed by atoms with E-state index in [1.165, 1.54) is 24.3 Å². The number of ketones is 1. The number of fused-ring (bicyclic) bond motifs is 1. The van der Waals surface area contributed by atoms with Gasteiger partial charge in [-0.05, 0) is 48.5 Å². The van der Waals surface area contributed by atoms with Crippen LogP contribution in [0.15, 0.2) is 72.8 Å². The van der Waals surface area contributed by atoms with Gasteiger partial charge in [-0.1, -0.05) is 29.5 Å². The maximum Gasteiger partial charge on any atom is 0.406 e. The first kappa shape index (κ1) is 20.7. The number of para-hydroxylation sites is 2. The molecule has 2 amide bonds. The zero-order valence-corrected chi connectivity index (χ0v) is 16.4. The number of carboxylic acid groups (broad SMARTS) is 1. The lowest BCUT2D eigenvalue weighted by atomic mass is 10.0. The Kier molecular flexibility index (Phi) is 5.58. The van der Waals surface area contributed by atoms with Gasteiger partial charge in [0.1, 0.15) is 11.3 Å². The van der Waals surface area contributed by atoms with E-state index in [1.54, 1.807) is 36.4 Å². The van der Waals surface area contributed by atoms with E-state index in [0.29, 0.717) is 11.0 Å². The van der Waals surface area contributed by atoms with Crippen molar-refractivity contribution >= 4 is 34.5 Å². The summed E-state index contributed by atoms with van der Waals surface area (Å²) < 4.78 is 14.3. The largest absolute Gasteiger partial charge is 0.465 e. The van der Waals surface area contributed by atoms with Gasteiger partial charge in [0.15, 0.2) is 5.78 Å². The number of nitrogens with one attached hydrogen (secondary N) is 2. The van der Waals surface area contributed by atoms with Gasteiger partial charge in [-0.15, -0.1) is 5.10 Å². The summed E-state index contributed by atoms with van der Waals surface area (Å²) in [5, 5.41) is 21.8. The van der Waals surface area contributed by atoms with Crippen LogP contribution in [0, 0.1) is 5.82 Å². The molecule has 0 radical (unpaired) electrons. The highest BCUT2D eigenvalue weighted by Crippen LogP contribution is 2.22. The molecule has 160 valence electrons. The van der Waals surface area contributed by atoms with E-state index in [9.17, 15) is 23.9 Å². The van der Waals surface area contributed by atoms with Crippen LogP contribution in [0.4, 0.5) is 14.9 Å². The fraction of sp³-hybridized carbons (Fsp3) is 0.0455. The van der Waals surface area contributed by atoms with Crippen LogP contribution in [-0.2, 0) is 4.79 Å². The summed E-state index contributed by atoms with van der Waals surface area (Å²) in [6.45, 7) is 0. The first-order valence-electron chi connectivity index (χ1n) is 9.43. The number of halogens is 1. The lowest BCUT2D eigenvalue weighted by Crippen LogP contribution is -2.40. The van der Waals surface area contributed by atoms with Crippen LogP contribution in [-0.4, -0.2) is 37.9 Å². The summed E-state index contributed by atoms with van der Waals surface area (Å²) in [5.41, 5.74) is 1.47. The number of benzene rings is 3. The second-order valence-electron chi connectivity index (χ2n) is 6.75. The molecule has 1 atom stereocenters. The van der Waals surface area contributed by atoms with Crippen molar-refractivity contribution < 1.29 is 23.9 Å².